The molecule has 120 heavy (non-hydrogen) atoms. The van der Waals surface area contributed by atoms with E-state index in [1.54, 1.807) is 14.0 Å². The van der Waals surface area contributed by atoms with Crippen molar-refractivity contribution in [2.24, 2.45) is 22.6 Å². The highest BCUT2D eigenvalue weighted by Gasteiger charge is 2.39. The Balaban J connectivity index is 1.00. The first-order valence-corrected chi connectivity index (χ1v) is 45.3. The van der Waals surface area contributed by atoms with Crippen molar-refractivity contribution < 1.29 is 59.4 Å². The van der Waals surface area contributed by atoms with E-state index in [-0.39, 0.29) is 93.9 Å². The summed E-state index contributed by atoms with van der Waals surface area (Å²) in [6, 6.07) is 1.13. The predicted octanol–water partition coefficient (Wildman–Crippen LogP) is 0.582. The third-order valence-electron chi connectivity index (χ3n) is 24.4. The molecule has 4 heterocycles. The van der Waals surface area contributed by atoms with Crippen LogP contribution in [0.15, 0.2) is 65.2 Å². The van der Waals surface area contributed by atoms with Crippen LogP contribution >= 0.6 is 0 Å². The molecule has 1 aromatic heterocycles. The van der Waals surface area contributed by atoms with Crippen LogP contribution in [0.2, 0.25) is 0 Å². The Morgan fingerprint density at radius 2 is 1.34 bits per heavy atom. The lowest BCUT2D eigenvalue weighted by Crippen LogP contribution is -2.60. The molecular weight excluding hydrogens is 1530 g/mol. The molecule has 21 N–H and O–H groups in total. The average Bonchev–Trinajstić information content (AvgIpc) is 1.65. The number of carbonyl (C=O) groups is 6. The van der Waals surface area contributed by atoms with E-state index in [1.165, 1.54) is 0 Å². The van der Waals surface area contributed by atoms with Gasteiger partial charge < -0.3 is 98.6 Å². The molecule has 6 amide bonds. The number of aliphatic hydroxyl groups excluding tert-OH is 6. The smallest absolute Gasteiger partial charge is 0.243 e. The first-order chi connectivity index (χ1) is 57.9. The summed E-state index contributed by atoms with van der Waals surface area (Å²) in [5.41, 5.74) is 8.89. The maximum atomic E-state index is 14.7. The standard InChI is InChI=1S/C86H154N22O12/c1-10-29-67(97-76(111)58-107-51-49-105(15-6)47-45-104(14-5)46-48-106(16-7)50-52-107)80(115)98-68(30-11-2)81(116)101-71(77(112)90-42-25-17-18-27-44-108-56-61-54-60(37-38-64(61)93-63(13-4)85(108)120)84(119)103(9)57-73-94-65-33-22-23-34-66(65)95-73)39-40-74(109)89-41-26-24-35-70-82(117)99-69(36-28-43-91-86(87)88-8)78(113)92-55-75(110)96-62(12-3)79(114)102-72(83(118)100-70)53-59-31-20-19-21-32-59/h19-23,31,33-34,54,59-60,62-64,67-72,74,78,80,82,84-85,89,92-93,98-99,109,113,115,117,119-120H,10-18,24-30,32,35-53,55-58H2,1-9H3,(H,90,112)(H,94,95)(H,96,110)(H,97,111)(H,100,118)(H,101,116)(H,102,114)(H3,87,88,91)/t59-,60+,62-,63-,64?,67-,68-,69?,70-,71+,72+,74+,78+,80-,82+,84-,85-/m0/s1. The topological polar surface area (TPSA) is 455 Å². The lowest BCUT2D eigenvalue weighted by atomic mass is 9.85. The predicted molar refractivity (Wildman–Crippen MR) is 470 cm³/mol. The van der Waals surface area contributed by atoms with Crippen LogP contribution in [0.25, 0.3) is 11.0 Å². The fourth-order valence-electron chi connectivity index (χ4n) is 16.8. The second-order valence-corrected chi connectivity index (χ2v) is 33.4. The first kappa shape index (κ1) is 100. The number of nitrogens with one attached hydrogen (secondary N) is 13. The van der Waals surface area contributed by atoms with E-state index >= 15 is 0 Å². The number of fused-ring (bicyclic) bond motifs is 2. The van der Waals surface area contributed by atoms with Gasteiger partial charge in [0.05, 0.1) is 48.8 Å². The second-order valence-electron chi connectivity index (χ2n) is 33.4. The summed E-state index contributed by atoms with van der Waals surface area (Å²) in [7, 11) is 3.46. The molecule has 0 radical (unpaired) electrons. The monoisotopic (exact) mass is 1690 g/mol. The van der Waals surface area contributed by atoms with Gasteiger partial charge in [-0.05, 0) is 166 Å². The molecule has 17 atom stereocenters. The number of unbranched alkanes of at least 4 members (excludes halogenated alkanes) is 4. The van der Waals surface area contributed by atoms with Crippen molar-refractivity contribution in [3.63, 3.8) is 0 Å². The Kier molecular flexibility index (Phi) is 45.9. The number of carbonyl (C=O) groups excluding carboxylic acids is 6. The molecule has 1 aromatic carbocycles. The SMILES string of the molecule is CCC[C@H](N[C@@H](O)[C@H](CCC)NC(=O)CN1CCN(CC)CCN(CC)CCN(CC)CC1)C(=O)N[C@H](CC[C@@H](O)NCCCC[C@@H]1NC(=O)[C@@H](C[C@H]2C=CC=CC2)NC(=O)[C@H](CC)NC(=O)CN[C@H](O)C(CCCNC(N)=NC)N[C@@H]1O)C(=O)NCCCCCCN1CC2=C[C@H]([C@H](O)N(C)Cc3nc4ccccc4[nH]3)CCC2N[C@@H](CC)[C@@H]1O. The van der Waals surface area contributed by atoms with Crippen LogP contribution < -0.4 is 69.5 Å². The molecule has 0 saturated carbocycles. The highest BCUT2D eigenvalue weighted by atomic mass is 16.3. The van der Waals surface area contributed by atoms with Crippen molar-refractivity contribution in [1.82, 2.24) is 103 Å². The van der Waals surface area contributed by atoms with Crippen molar-refractivity contribution in [1.29, 1.82) is 0 Å². The van der Waals surface area contributed by atoms with Crippen LogP contribution in [-0.2, 0) is 35.3 Å². The van der Waals surface area contributed by atoms with Gasteiger partial charge >= 0.3 is 0 Å². The second kappa shape index (κ2) is 54.8. The number of guanidine groups is 1. The van der Waals surface area contributed by atoms with Gasteiger partial charge in [0.1, 0.15) is 61.3 Å². The van der Waals surface area contributed by atoms with Gasteiger partial charge in [0, 0.05) is 110 Å². The van der Waals surface area contributed by atoms with Crippen LogP contribution in [-0.4, -0.2) is 335 Å². The van der Waals surface area contributed by atoms with Gasteiger partial charge in [-0.2, -0.15) is 0 Å². The Hall–Kier alpha value is -6.68. The number of aromatic nitrogens is 2. The number of aliphatic imine (C=N–C) groups is 1. The molecule has 5 aliphatic rings. The summed E-state index contributed by atoms with van der Waals surface area (Å²) in [4.78, 5) is 111. The van der Waals surface area contributed by atoms with E-state index in [9.17, 15) is 59.4 Å². The highest BCUT2D eigenvalue weighted by molar-refractivity contribution is 5.93. The minimum absolute atomic E-state index is 0.0146. The van der Waals surface area contributed by atoms with E-state index in [0.717, 1.165) is 120 Å². The molecule has 34 heteroatoms. The van der Waals surface area contributed by atoms with Gasteiger partial charge in [-0.25, -0.2) is 4.98 Å². The van der Waals surface area contributed by atoms with Gasteiger partial charge in [-0.1, -0.05) is 117 Å². The lowest BCUT2D eigenvalue weighted by molar-refractivity contribution is -0.132. The van der Waals surface area contributed by atoms with Crippen molar-refractivity contribution in [2.45, 2.75) is 282 Å². The van der Waals surface area contributed by atoms with Gasteiger partial charge in [-0.3, -0.25) is 69.7 Å². The van der Waals surface area contributed by atoms with Crippen molar-refractivity contribution in [3.8, 4) is 0 Å². The molecule has 680 valence electrons. The van der Waals surface area contributed by atoms with E-state index in [0.29, 0.717) is 104 Å². The summed E-state index contributed by atoms with van der Waals surface area (Å²) < 4.78 is 0. The number of allylic oxidation sites excluding steroid dienone is 4. The molecule has 7 rings (SSSR count). The zero-order valence-electron chi connectivity index (χ0n) is 73.6. The molecule has 0 spiro atoms. The van der Waals surface area contributed by atoms with Gasteiger partial charge in [0.2, 0.25) is 35.4 Å². The number of nitrogens with two attached hydrogens (primary N) is 1. The minimum Gasteiger partial charge on any atom is -0.379 e. The third-order valence-corrected chi connectivity index (χ3v) is 24.4. The van der Waals surface area contributed by atoms with Crippen molar-refractivity contribution in [2.75, 3.05) is 132 Å². The Morgan fingerprint density at radius 1 is 0.675 bits per heavy atom. The Bertz CT molecular complexity index is 3410. The number of rotatable bonds is 44. The highest BCUT2D eigenvalue weighted by Crippen LogP contribution is 2.32. The van der Waals surface area contributed by atoms with Crippen molar-refractivity contribution >= 4 is 52.4 Å². The Labute approximate surface area is 713 Å². The van der Waals surface area contributed by atoms with Crippen LogP contribution in [0.4, 0.5) is 0 Å². The summed E-state index contributed by atoms with van der Waals surface area (Å²) in [5.74, 6) is -2.06. The van der Waals surface area contributed by atoms with E-state index in [4.69, 9.17) is 10.7 Å². The maximum absolute atomic E-state index is 14.7. The molecule has 2 aromatic rings. The third kappa shape index (κ3) is 34.4. The molecule has 2 unspecified atom stereocenters. The number of likely N-dealkylation sites (N-methyl/N-ethyl adjacent to an activating group) is 3. The summed E-state index contributed by atoms with van der Waals surface area (Å²) >= 11 is 0. The lowest BCUT2D eigenvalue weighted by Gasteiger charge is -2.35. The first-order valence-electron chi connectivity index (χ1n) is 45.3. The molecule has 3 aliphatic heterocycles. The number of hydrogen-bond donors (Lipinski definition) is 20. The number of imidazole rings is 1. The zero-order chi connectivity index (χ0) is 86.9. The van der Waals surface area contributed by atoms with Gasteiger partial charge in [0.15, 0.2) is 5.96 Å². The number of aliphatic hydroxyl groups is 6. The normalized spacial score (nSPS) is 25.9. The quantitative estimate of drug-likeness (QED) is 0.0142. The Morgan fingerprint density at radius 3 is 2.00 bits per heavy atom. The molecule has 2 aliphatic carbocycles. The average molecular weight is 1690 g/mol. The minimum atomic E-state index is -1.44. The molecule has 3 saturated heterocycles. The van der Waals surface area contributed by atoms with E-state index in [1.807, 2.05) is 74.4 Å². The maximum Gasteiger partial charge on any atom is 0.243 e. The van der Waals surface area contributed by atoms with Gasteiger partial charge in [0.25, 0.3) is 0 Å². The molecule has 3 fully saturated rings. The zero-order valence-corrected chi connectivity index (χ0v) is 73.6. The summed E-state index contributed by atoms with van der Waals surface area (Å²) in [5, 5.41) is 108. The largest absolute Gasteiger partial charge is 0.379 e. The molecule has 0 bridgehead atoms. The fraction of sp³-hybridized carbons (Fsp3) is 0.767. The number of nitrogens with zero attached hydrogens (tertiary/aromatic N) is 8. The summed E-state index contributed by atoms with van der Waals surface area (Å²) in [6.45, 7) is 26.3. The number of aromatic amines is 1. The summed E-state index contributed by atoms with van der Waals surface area (Å²) in [6.07, 6.45) is 13.3. The van der Waals surface area contributed by atoms with Gasteiger partial charge in [-0.15, -0.1) is 0 Å². The number of hydrogen-bond acceptors (Lipinski definition) is 25. The number of benzene rings is 1. The number of amides is 6. The van der Waals surface area contributed by atoms with Crippen LogP contribution in [0.5, 0.6) is 0 Å². The molecule has 34 nitrogen and oxygen atoms in total. The van der Waals surface area contributed by atoms with Crippen molar-refractivity contribution in [3.05, 3.63) is 66.0 Å². The number of para-hydroxylation sites is 2. The van der Waals surface area contributed by atoms with Crippen LogP contribution in [0, 0.1) is 11.8 Å². The van der Waals surface area contributed by atoms with E-state index < -0.39 is 109 Å². The molecular formula is C86H154N22O12. The van der Waals surface area contributed by atoms with Crippen LogP contribution in [0.1, 0.15) is 189 Å². The van der Waals surface area contributed by atoms with E-state index in [2.05, 4.69) is 132 Å². The van der Waals surface area contributed by atoms with Crippen LogP contribution in [0.3, 0.4) is 0 Å². The fourth-order valence-corrected chi connectivity index (χ4v) is 16.8. The number of H-pyrrole nitrogens is 1.